The molecular weight excluding hydrogens is 295 g/mol. The van der Waals surface area contributed by atoms with E-state index >= 15 is 0 Å². The molecule has 21 heavy (non-hydrogen) atoms. The zero-order chi connectivity index (χ0) is 15.8. The number of benzene rings is 1. The summed E-state index contributed by atoms with van der Waals surface area (Å²) in [6.07, 6.45) is -0.107. The first kappa shape index (κ1) is 17.3. The molecule has 0 aliphatic rings. The number of methoxy groups -OCH3 is 1. The highest BCUT2D eigenvalue weighted by atomic mass is 32.1. The molecule has 1 unspecified atom stereocenters. The molecule has 1 atom stereocenters. The maximum atomic E-state index is 13.8. The molecule has 0 spiro atoms. The molecule has 0 saturated heterocycles. The summed E-state index contributed by atoms with van der Waals surface area (Å²) in [6, 6.07) is 4.13. The third-order valence-electron chi connectivity index (χ3n) is 2.71. The highest BCUT2D eigenvalue weighted by molar-refractivity contribution is 7.80. The third-order valence-corrected chi connectivity index (χ3v) is 2.95. The standard InChI is InChI=1S/C14H19FN2O3S/c1-9(14(18)17-6-3-7-19-2)20-12-5-4-10(13(16)21)8-11(12)15/h4-5,8-9H,3,6-7H2,1-2H3,(H2,16,21)(H,17,18). The molecule has 0 radical (unpaired) electrons. The van der Waals surface area contributed by atoms with Crippen LogP contribution in [0.2, 0.25) is 0 Å². The SMILES string of the molecule is COCCCNC(=O)C(C)Oc1ccc(C(N)=S)cc1F. The van der Waals surface area contributed by atoms with Gasteiger partial charge < -0.3 is 20.5 Å². The molecule has 7 heteroatoms. The highest BCUT2D eigenvalue weighted by Crippen LogP contribution is 2.19. The van der Waals surface area contributed by atoms with Crippen LogP contribution in [-0.2, 0) is 9.53 Å². The van der Waals surface area contributed by atoms with E-state index in [2.05, 4.69) is 5.32 Å². The van der Waals surface area contributed by atoms with Gasteiger partial charge in [-0.1, -0.05) is 12.2 Å². The number of thiocarbonyl (C=S) groups is 1. The van der Waals surface area contributed by atoms with Crippen LogP contribution in [0.25, 0.3) is 0 Å². The van der Waals surface area contributed by atoms with Gasteiger partial charge in [0, 0.05) is 25.8 Å². The molecule has 1 aromatic rings. The Labute approximate surface area is 128 Å². The smallest absolute Gasteiger partial charge is 0.260 e. The van der Waals surface area contributed by atoms with E-state index < -0.39 is 11.9 Å². The van der Waals surface area contributed by atoms with Gasteiger partial charge in [0.25, 0.3) is 5.91 Å². The Morgan fingerprint density at radius 2 is 2.24 bits per heavy atom. The van der Waals surface area contributed by atoms with E-state index in [1.807, 2.05) is 0 Å². The molecule has 1 aromatic carbocycles. The van der Waals surface area contributed by atoms with Crippen LogP contribution in [0, 0.1) is 5.82 Å². The van der Waals surface area contributed by atoms with E-state index in [1.165, 1.54) is 12.1 Å². The van der Waals surface area contributed by atoms with E-state index in [9.17, 15) is 9.18 Å². The first-order valence-electron chi connectivity index (χ1n) is 6.48. The van der Waals surface area contributed by atoms with Gasteiger partial charge in [-0.15, -0.1) is 0 Å². The van der Waals surface area contributed by atoms with Crippen molar-refractivity contribution in [3.8, 4) is 5.75 Å². The average Bonchev–Trinajstić information content (AvgIpc) is 2.45. The summed E-state index contributed by atoms with van der Waals surface area (Å²) < 4.78 is 24.0. The van der Waals surface area contributed by atoms with Crippen LogP contribution >= 0.6 is 12.2 Å². The largest absolute Gasteiger partial charge is 0.478 e. The lowest BCUT2D eigenvalue weighted by Gasteiger charge is -2.15. The van der Waals surface area contributed by atoms with Crippen LogP contribution in [0.3, 0.4) is 0 Å². The fourth-order valence-electron chi connectivity index (χ4n) is 1.57. The minimum atomic E-state index is -0.808. The quantitative estimate of drug-likeness (QED) is 0.560. The predicted molar refractivity (Wildman–Crippen MR) is 81.9 cm³/mol. The summed E-state index contributed by atoms with van der Waals surface area (Å²) >= 11 is 4.76. The topological polar surface area (TPSA) is 73.6 Å². The maximum Gasteiger partial charge on any atom is 0.260 e. The van der Waals surface area contributed by atoms with Crippen molar-refractivity contribution < 1.29 is 18.7 Å². The van der Waals surface area contributed by atoms with E-state index in [-0.39, 0.29) is 16.6 Å². The zero-order valence-electron chi connectivity index (χ0n) is 12.0. The minimum absolute atomic E-state index is 0.0189. The Morgan fingerprint density at radius 3 is 2.81 bits per heavy atom. The van der Waals surface area contributed by atoms with Crippen molar-refractivity contribution in [3.05, 3.63) is 29.6 Å². The normalized spacial score (nSPS) is 11.8. The number of rotatable bonds is 8. The number of nitrogens with one attached hydrogen (secondary N) is 1. The second-order valence-electron chi connectivity index (χ2n) is 4.41. The fourth-order valence-corrected chi connectivity index (χ4v) is 1.69. The first-order valence-corrected chi connectivity index (χ1v) is 6.89. The lowest BCUT2D eigenvalue weighted by molar-refractivity contribution is -0.127. The molecule has 0 aliphatic heterocycles. The number of amides is 1. The van der Waals surface area contributed by atoms with Gasteiger partial charge in [-0.2, -0.15) is 0 Å². The van der Waals surface area contributed by atoms with Crippen molar-refractivity contribution in [2.24, 2.45) is 5.73 Å². The van der Waals surface area contributed by atoms with Crippen molar-refractivity contribution in [3.63, 3.8) is 0 Å². The molecule has 0 saturated carbocycles. The monoisotopic (exact) mass is 314 g/mol. The zero-order valence-corrected chi connectivity index (χ0v) is 12.8. The number of hydrogen-bond acceptors (Lipinski definition) is 4. The molecule has 0 aromatic heterocycles. The van der Waals surface area contributed by atoms with Gasteiger partial charge in [0.05, 0.1) is 0 Å². The number of ether oxygens (including phenoxy) is 2. The molecule has 116 valence electrons. The van der Waals surface area contributed by atoms with Gasteiger partial charge in [-0.05, 0) is 31.5 Å². The Kier molecular flexibility index (Phi) is 7.04. The van der Waals surface area contributed by atoms with Crippen molar-refractivity contribution in [2.75, 3.05) is 20.3 Å². The molecule has 0 heterocycles. The van der Waals surface area contributed by atoms with Gasteiger partial charge >= 0.3 is 0 Å². The molecule has 3 N–H and O–H groups in total. The summed E-state index contributed by atoms with van der Waals surface area (Å²) in [6.45, 7) is 2.58. The van der Waals surface area contributed by atoms with Gasteiger partial charge in [-0.25, -0.2) is 4.39 Å². The van der Waals surface area contributed by atoms with Crippen molar-refractivity contribution >= 4 is 23.1 Å². The Morgan fingerprint density at radius 1 is 1.52 bits per heavy atom. The Bertz CT molecular complexity index is 511. The molecular formula is C14H19FN2O3S. The predicted octanol–water partition coefficient (Wildman–Crippen LogP) is 1.38. The third kappa shape index (κ3) is 5.65. The van der Waals surface area contributed by atoms with E-state index in [4.69, 9.17) is 27.4 Å². The number of hydrogen-bond donors (Lipinski definition) is 2. The van der Waals surface area contributed by atoms with Gasteiger partial charge in [0.1, 0.15) is 4.99 Å². The summed E-state index contributed by atoms with van der Waals surface area (Å²) in [5, 5.41) is 2.68. The molecule has 1 rings (SSSR count). The number of carbonyl (C=O) groups is 1. The van der Waals surface area contributed by atoms with Gasteiger partial charge in [0.2, 0.25) is 0 Å². The van der Waals surface area contributed by atoms with Crippen LogP contribution in [0.5, 0.6) is 5.75 Å². The summed E-state index contributed by atoms with van der Waals surface area (Å²) in [4.78, 5) is 11.9. The first-order chi connectivity index (χ1) is 9.95. The second kappa shape index (κ2) is 8.53. The molecule has 5 nitrogen and oxygen atoms in total. The van der Waals surface area contributed by atoms with Gasteiger partial charge in [0.15, 0.2) is 17.7 Å². The molecule has 0 fully saturated rings. The number of nitrogens with two attached hydrogens (primary N) is 1. The van der Waals surface area contributed by atoms with E-state index in [0.29, 0.717) is 25.1 Å². The number of halogens is 1. The van der Waals surface area contributed by atoms with Crippen molar-refractivity contribution in [2.45, 2.75) is 19.4 Å². The van der Waals surface area contributed by atoms with Crippen LogP contribution in [0.15, 0.2) is 18.2 Å². The average molecular weight is 314 g/mol. The van der Waals surface area contributed by atoms with Crippen LogP contribution in [-0.4, -0.2) is 37.3 Å². The van der Waals surface area contributed by atoms with E-state index in [1.54, 1.807) is 20.1 Å². The van der Waals surface area contributed by atoms with Crippen LogP contribution in [0.4, 0.5) is 4.39 Å². The molecule has 0 bridgehead atoms. The molecule has 0 aliphatic carbocycles. The lowest BCUT2D eigenvalue weighted by atomic mass is 10.2. The Balaban J connectivity index is 2.56. The summed E-state index contributed by atoms with van der Waals surface area (Å²) in [5.74, 6) is -0.946. The summed E-state index contributed by atoms with van der Waals surface area (Å²) in [5.41, 5.74) is 5.82. The Hall–Kier alpha value is -1.73. The fraction of sp³-hybridized carbons (Fsp3) is 0.429. The molecule has 1 amide bonds. The highest BCUT2D eigenvalue weighted by Gasteiger charge is 2.16. The van der Waals surface area contributed by atoms with Crippen LogP contribution in [0.1, 0.15) is 18.9 Å². The van der Waals surface area contributed by atoms with Crippen molar-refractivity contribution in [1.29, 1.82) is 0 Å². The lowest BCUT2D eigenvalue weighted by Crippen LogP contribution is -2.37. The van der Waals surface area contributed by atoms with Gasteiger partial charge in [-0.3, -0.25) is 4.79 Å². The maximum absolute atomic E-state index is 13.8. The minimum Gasteiger partial charge on any atom is -0.478 e. The van der Waals surface area contributed by atoms with Crippen molar-refractivity contribution in [1.82, 2.24) is 5.32 Å². The van der Waals surface area contributed by atoms with E-state index in [0.717, 1.165) is 0 Å². The summed E-state index contributed by atoms with van der Waals surface area (Å²) in [7, 11) is 1.59. The van der Waals surface area contributed by atoms with Crippen LogP contribution < -0.4 is 15.8 Å². The number of carbonyl (C=O) groups excluding carboxylic acids is 1. The second-order valence-corrected chi connectivity index (χ2v) is 4.85.